The van der Waals surface area contributed by atoms with Gasteiger partial charge in [-0.2, -0.15) is 17.6 Å². The Morgan fingerprint density at radius 2 is 1.38 bits per heavy atom. The highest BCUT2D eigenvalue weighted by Crippen LogP contribution is 2.43. The van der Waals surface area contributed by atoms with Crippen LogP contribution in [0.1, 0.15) is 32.6 Å². The molecule has 0 spiro atoms. The molecule has 0 aliphatic rings. The van der Waals surface area contributed by atoms with Gasteiger partial charge in [-0.05, 0) is 6.42 Å². The topological polar surface area (TPSA) is 0 Å². The Morgan fingerprint density at radius 1 is 0.875 bits per heavy atom. The zero-order chi connectivity index (χ0) is 13.0. The highest BCUT2D eigenvalue weighted by Gasteiger charge is 2.66. The third kappa shape index (κ3) is 3.25. The molecule has 98 valence electrons. The van der Waals surface area contributed by atoms with Crippen molar-refractivity contribution in [3.05, 3.63) is 0 Å². The van der Waals surface area contributed by atoms with Crippen molar-refractivity contribution >= 4 is 0 Å². The molecule has 0 fully saturated rings. The third-order valence-corrected chi connectivity index (χ3v) is 2.17. The monoisotopic (exact) mass is 254 g/mol. The summed E-state index contributed by atoms with van der Waals surface area (Å²) in [5, 5.41) is 0. The lowest BCUT2D eigenvalue weighted by Crippen LogP contribution is -2.52. The minimum Gasteiger partial charge on any atom is -0.241 e. The van der Waals surface area contributed by atoms with Crippen LogP contribution < -0.4 is 0 Å². The Morgan fingerprint density at radius 3 is 1.75 bits per heavy atom. The molecule has 0 aliphatic heterocycles. The zero-order valence-electron chi connectivity index (χ0n) is 8.63. The molecule has 0 nitrogen and oxygen atoms in total. The fraction of sp³-hybridized carbons (Fsp3) is 1.00. The van der Waals surface area contributed by atoms with Crippen LogP contribution in [0.15, 0.2) is 0 Å². The van der Waals surface area contributed by atoms with Crippen LogP contribution in [-0.4, -0.2) is 24.4 Å². The van der Waals surface area contributed by atoms with Crippen LogP contribution in [0.5, 0.6) is 0 Å². The molecule has 0 saturated heterocycles. The molecule has 0 aromatic heterocycles. The first kappa shape index (κ1) is 15.5. The molecule has 0 amide bonds. The molecule has 0 radical (unpaired) electrons. The molecule has 0 saturated carbocycles. The van der Waals surface area contributed by atoms with Gasteiger partial charge in [-0.25, -0.2) is 13.2 Å². The Hall–Kier alpha value is -0.490. The van der Waals surface area contributed by atoms with Gasteiger partial charge in [0.2, 0.25) is 0 Å². The fourth-order valence-corrected chi connectivity index (χ4v) is 1.11. The van der Waals surface area contributed by atoms with E-state index in [1.807, 2.05) is 0 Å². The number of alkyl halides is 7. The minimum absolute atomic E-state index is 0.0351. The Bertz CT molecular complexity index is 202. The minimum atomic E-state index is -5.63. The van der Waals surface area contributed by atoms with E-state index in [1.54, 1.807) is 6.92 Å². The summed E-state index contributed by atoms with van der Waals surface area (Å²) in [6, 6.07) is 0. The summed E-state index contributed by atoms with van der Waals surface area (Å²) in [6.45, 7) is 1.71. The van der Waals surface area contributed by atoms with E-state index in [9.17, 15) is 30.7 Å². The maximum Gasteiger partial charge on any atom is 0.372 e. The highest BCUT2D eigenvalue weighted by atomic mass is 19.3. The van der Waals surface area contributed by atoms with Crippen LogP contribution in [-0.2, 0) is 0 Å². The van der Waals surface area contributed by atoms with Crippen molar-refractivity contribution < 1.29 is 30.7 Å². The Kier molecular flexibility index (Phi) is 5.55. The van der Waals surface area contributed by atoms with Crippen molar-refractivity contribution in [2.75, 3.05) is 0 Å². The molecule has 16 heavy (non-hydrogen) atoms. The molecule has 0 N–H and O–H groups in total. The molecule has 1 atom stereocenters. The van der Waals surface area contributed by atoms with Crippen molar-refractivity contribution in [1.29, 1.82) is 0 Å². The summed E-state index contributed by atoms with van der Waals surface area (Å²) in [5.41, 5.74) is 0. The standard InChI is InChI=1S/C9H13F7/c1-2-3-4-5-6(10)8(13,14)9(15,16)7(11)12/h6-7H,2-5H2,1H3. The van der Waals surface area contributed by atoms with E-state index in [2.05, 4.69) is 0 Å². The average Bonchev–Trinajstić information content (AvgIpc) is 2.17. The molecule has 0 heterocycles. The third-order valence-electron chi connectivity index (χ3n) is 2.17. The number of halogens is 7. The number of hydrogen-bond donors (Lipinski definition) is 0. The second-order valence-corrected chi connectivity index (χ2v) is 3.51. The van der Waals surface area contributed by atoms with Gasteiger partial charge in [0.1, 0.15) is 0 Å². The summed E-state index contributed by atoms with van der Waals surface area (Å²) in [6.07, 6.45) is -7.73. The summed E-state index contributed by atoms with van der Waals surface area (Å²) in [4.78, 5) is 0. The van der Waals surface area contributed by atoms with Crippen LogP contribution in [0.25, 0.3) is 0 Å². The first-order valence-electron chi connectivity index (χ1n) is 4.85. The van der Waals surface area contributed by atoms with Crippen LogP contribution >= 0.6 is 0 Å². The van der Waals surface area contributed by atoms with E-state index < -0.39 is 30.9 Å². The van der Waals surface area contributed by atoms with Crippen molar-refractivity contribution in [3.63, 3.8) is 0 Å². The normalized spacial score (nSPS) is 15.6. The number of hydrogen-bond acceptors (Lipinski definition) is 0. The first-order valence-corrected chi connectivity index (χ1v) is 4.85. The second kappa shape index (κ2) is 5.72. The lowest BCUT2D eigenvalue weighted by Gasteiger charge is -2.28. The van der Waals surface area contributed by atoms with Gasteiger partial charge in [0.15, 0.2) is 6.17 Å². The SMILES string of the molecule is CCCCCC(F)C(F)(F)C(F)(F)C(F)F. The van der Waals surface area contributed by atoms with Gasteiger partial charge in [-0.3, -0.25) is 0 Å². The smallest absolute Gasteiger partial charge is 0.241 e. The average molecular weight is 254 g/mol. The van der Waals surface area contributed by atoms with Crippen LogP contribution in [0.2, 0.25) is 0 Å². The summed E-state index contributed by atoms with van der Waals surface area (Å²) in [5.74, 6) is -11.0. The van der Waals surface area contributed by atoms with Gasteiger partial charge in [0.05, 0.1) is 0 Å². The maximum absolute atomic E-state index is 12.8. The predicted octanol–water partition coefficient (Wildman–Crippen LogP) is 4.44. The van der Waals surface area contributed by atoms with Crippen LogP contribution in [0, 0.1) is 0 Å². The first-order chi connectivity index (χ1) is 7.17. The summed E-state index contributed by atoms with van der Waals surface area (Å²) in [7, 11) is 0. The van der Waals surface area contributed by atoms with E-state index in [1.165, 1.54) is 0 Å². The van der Waals surface area contributed by atoms with Crippen molar-refractivity contribution in [2.45, 2.75) is 57.0 Å². The number of rotatable bonds is 7. The largest absolute Gasteiger partial charge is 0.372 e. The second-order valence-electron chi connectivity index (χ2n) is 3.51. The van der Waals surface area contributed by atoms with Gasteiger partial charge >= 0.3 is 18.3 Å². The molecule has 0 bridgehead atoms. The van der Waals surface area contributed by atoms with E-state index in [-0.39, 0.29) is 6.42 Å². The summed E-state index contributed by atoms with van der Waals surface area (Å²) >= 11 is 0. The maximum atomic E-state index is 12.8. The van der Waals surface area contributed by atoms with Crippen molar-refractivity contribution in [3.8, 4) is 0 Å². The lowest BCUT2D eigenvalue weighted by molar-refractivity contribution is -0.285. The van der Waals surface area contributed by atoms with E-state index in [0.29, 0.717) is 12.8 Å². The van der Waals surface area contributed by atoms with Gasteiger partial charge in [-0.1, -0.05) is 26.2 Å². The predicted molar refractivity (Wildman–Crippen MR) is 44.9 cm³/mol. The fourth-order valence-electron chi connectivity index (χ4n) is 1.11. The molecule has 1 unspecified atom stereocenters. The molecule has 0 aromatic carbocycles. The quantitative estimate of drug-likeness (QED) is 0.465. The molecule has 0 rings (SSSR count). The number of unbranched alkanes of at least 4 members (excludes halogenated alkanes) is 2. The van der Waals surface area contributed by atoms with Crippen molar-refractivity contribution in [2.24, 2.45) is 0 Å². The molecular weight excluding hydrogens is 241 g/mol. The van der Waals surface area contributed by atoms with Gasteiger partial charge in [-0.15, -0.1) is 0 Å². The van der Waals surface area contributed by atoms with E-state index in [4.69, 9.17) is 0 Å². The van der Waals surface area contributed by atoms with Gasteiger partial charge in [0, 0.05) is 0 Å². The molecule has 0 aromatic rings. The van der Waals surface area contributed by atoms with Gasteiger partial charge in [0.25, 0.3) is 0 Å². The highest BCUT2D eigenvalue weighted by molar-refractivity contribution is 4.92. The lowest BCUT2D eigenvalue weighted by atomic mass is 10.0. The van der Waals surface area contributed by atoms with E-state index in [0.717, 1.165) is 0 Å². The van der Waals surface area contributed by atoms with E-state index >= 15 is 0 Å². The Labute approximate surface area is 88.8 Å². The molecular formula is C9H13F7. The van der Waals surface area contributed by atoms with Gasteiger partial charge < -0.3 is 0 Å². The molecule has 0 aliphatic carbocycles. The van der Waals surface area contributed by atoms with Crippen LogP contribution in [0.3, 0.4) is 0 Å². The van der Waals surface area contributed by atoms with Crippen LogP contribution in [0.4, 0.5) is 30.7 Å². The molecule has 7 heteroatoms. The zero-order valence-corrected chi connectivity index (χ0v) is 8.63. The summed E-state index contributed by atoms with van der Waals surface area (Å²) < 4.78 is 86.1. The van der Waals surface area contributed by atoms with Crippen molar-refractivity contribution in [1.82, 2.24) is 0 Å². The Balaban J connectivity index is 4.51.